The average molecular weight is 449 g/mol. The van der Waals surface area contributed by atoms with Gasteiger partial charge in [0.25, 0.3) is 0 Å². The number of esters is 1. The summed E-state index contributed by atoms with van der Waals surface area (Å²) in [4.78, 5) is 16.5. The molecule has 0 saturated carbocycles. The summed E-state index contributed by atoms with van der Waals surface area (Å²) in [7, 11) is 3.15. The largest absolute Gasteiger partial charge is 0.497 e. The van der Waals surface area contributed by atoms with E-state index in [-0.39, 0.29) is 5.70 Å². The summed E-state index contributed by atoms with van der Waals surface area (Å²) in [5.41, 5.74) is 2.78. The Labute approximate surface area is 159 Å². The van der Waals surface area contributed by atoms with E-state index in [2.05, 4.69) is 27.6 Å². The number of hydrogen-bond acceptors (Lipinski definition) is 5. The average Bonchev–Trinajstić information content (AvgIpc) is 2.98. The van der Waals surface area contributed by atoms with Crippen LogP contribution in [0.15, 0.2) is 47.1 Å². The summed E-state index contributed by atoms with van der Waals surface area (Å²) < 4.78 is 17.0. The SMILES string of the molecule is COc1ccc(OC)c(/C=C2\N=C(c3ccc(I)c(C)c3)OC2=O)c1. The van der Waals surface area contributed by atoms with E-state index < -0.39 is 5.97 Å². The number of rotatable bonds is 4. The number of benzene rings is 2. The highest BCUT2D eigenvalue weighted by Gasteiger charge is 2.25. The molecule has 0 unspecified atom stereocenters. The lowest BCUT2D eigenvalue weighted by Crippen LogP contribution is -2.05. The molecule has 25 heavy (non-hydrogen) atoms. The fourth-order valence-electron chi connectivity index (χ4n) is 2.41. The Morgan fingerprint density at radius 2 is 1.92 bits per heavy atom. The minimum Gasteiger partial charge on any atom is -0.497 e. The van der Waals surface area contributed by atoms with Crippen molar-refractivity contribution in [1.29, 1.82) is 0 Å². The van der Waals surface area contributed by atoms with Crippen LogP contribution in [0.4, 0.5) is 0 Å². The fourth-order valence-corrected chi connectivity index (χ4v) is 2.75. The molecular weight excluding hydrogens is 433 g/mol. The molecule has 0 fully saturated rings. The Kier molecular flexibility index (Phi) is 5.08. The molecule has 0 atom stereocenters. The Bertz CT molecular complexity index is 902. The first kappa shape index (κ1) is 17.5. The third-order valence-corrected chi connectivity index (χ3v) is 4.96. The van der Waals surface area contributed by atoms with Gasteiger partial charge >= 0.3 is 5.97 Å². The van der Waals surface area contributed by atoms with Crippen molar-refractivity contribution in [2.45, 2.75) is 6.92 Å². The van der Waals surface area contributed by atoms with Crippen molar-refractivity contribution in [2.24, 2.45) is 4.99 Å². The highest BCUT2D eigenvalue weighted by atomic mass is 127. The first-order valence-corrected chi connectivity index (χ1v) is 8.61. The van der Waals surface area contributed by atoms with E-state index in [1.54, 1.807) is 38.5 Å². The zero-order valence-corrected chi connectivity index (χ0v) is 16.2. The van der Waals surface area contributed by atoms with Gasteiger partial charge in [0.1, 0.15) is 11.5 Å². The van der Waals surface area contributed by atoms with E-state index >= 15 is 0 Å². The molecule has 128 valence electrons. The van der Waals surface area contributed by atoms with Crippen molar-refractivity contribution in [1.82, 2.24) is 0 Å². The van der Waals surface area contributed by atoms with Crippen LogP contribution in [0.3, 0.4) is 0 Å². The molecule has 0 amide bonds. The van der Waals surface area contributed by atoms with E-state index in [0.29, 0.717) is 23.0 Å². The number of hydrogen-bond donors (Lipinski definition) is 0. The number of aliphatic imine (C=N–C) groups is 1. The monoisotopic (exact) mass is 449 g/mol. The molecule has 2 aromatic rings. The van der Waals surface area contributed by atoms with Gasteiger partial charge in [-0.1, -0.05) is 0 Å². The van der Waals surface area contributed by atoms with Gasteiger partial charge in [0, 0.05) is 14.7 Å². The molecule has 1 aliphatic rings. The summed E-state index contributed by atoms with van der Waals surface area (Å²) in [6.45, 7) is 2.00. The minimum absolute atomic E-state index is 0.220. The van der Waals surface area contributed by atoms with Gasteiger partial charge in [-0.15, -0.1) is 0 Å². The topological polar surface area (TPSA) is 57.1 Å². The molecule has 0 aliphatic carbocycles. The van der Waals surface area contributed by atoms with Crippen LogP contribution in [-0.4, -0.2) is 26.1 Å². The molecule has 3 rings (SSSR count). The maximum absolute atomic E-state index is 12.2. The van der Waals surface area contributed by atoms with E-state index in [0.717, 1.165) is 14.7 Å². The molecule has 5 nitrogen and oxygen atoms in total. The highest BCUT2D eigenvalue weighted by molar-refractivity contribution is 14.1. The van der Waals surface area contributed by atoms with Crippen LogP contribution in [0.2, 0.25) is 0 Å². The van der Waals surface area contributed by atoms with E-state index in [9.17, 15) is 4.79 Å². The summed E-state index contributed by atoms with van der Waals surface area (Å²) in [5, 5.41) is 0. The first-order valence-electron chi connectivity index (χ1n) is 7.53. The number of carbonyl (C=O) groups excluding carboxylic acids is 1. The zero-order valence-electron chi connectivity index (χ0n) is 14.0. The number of methoxy groups -OCH3 is 2. The summed E-state index contributed by atoms with van der Waals surface area (Å²) in [6.07, 6.45) is 1.64. The molecule has 0 saturated heterocycles. The molecule has 2 aromatic carbocycles. The molecule has 0 spiro atoms. The Hall–Kier alpha value is -2.35. The predicted octanol–water partition coefficient (Wildman–Crippen LogP) is 3.96. The molecule has 1 heterocycles. The Morgan fingerprint density at radius 3 is 2.60 bits per heavy atom. The van der Waals surface area contributed by atoms with Gasteiger partial charge in [-0.25, -0.2) is 9.79 Å². The molecule has 0 bridgehead atoms. The lowest BCUT2D eigenvalue weighted by Gasteiger charge is -2.07. The van der Waals surface area contributed by atoms with E-state index in [1.807, 2.05) is 25.1 Å². The fraction of sp³-hybridized carbons (Fsp3) is 0.158. The lowest BCUT2D eigenvalue weighted by molar-refractivity contribution is -0.129. The minimum atomic E-state index is -0.490. The van der Waals surface area contributed by atoms with Crippen molar-refractivity contribution in [3.05, 3.63) is 62.4 Å². The second-order valence-corrected chi connectivity index (χ2v) is 6.57. The standard InChI is InChI=1S/C19H16INO4/c1-11-8-12(4-6-15(11)20)18-21-16(19(22)25-18)10-13-9-14(23-2)5-7-17(13)24-3/h4-10H,1-3H3/b16-10-. The highest BCUT2D eigenvalue weighted by Crippen LogP contribution is 2.28. The maximum atomic E-state index is 12.2. The van der Waals surface area contributed by atoms with Gasteiger partial charge in [-0.2, -0.15) is 0 Å². The van der Waals surface area contributed by atoms with Crippen LogP contribution in [-0.2, 0) is 9.53 Å². The van der Waals surface area contributed by atoms with Crippen molar-refractivity contribution in [2.75, 3.05) is 14.2 Å². The van der Waals surface area contributed by atoms with Crippen LogP contribution in [0.5, 0.6) is 11.5 Å². The summed E-state index contributed by atoms with van der Waals surface area (Å²) >= 11 is 2.26. The van der Waals surface area contributed by atoms with E-state index in [4.69, 9.17) is 14.2 Å². The van der Waals surface area contributed by atoms with Crippen molar-refractivity contribution in [3.63, 3.8) is 0 Å². The van der Waals surface area contributed by atoms with Crippen molar-refractivity contribution < 1.29 is 19.0 Å². The van der Waals surface area contributed by atoms with Crippen molar-refractivity contribution >= 4 is 40.5 Å². The number of ether oxygens (including phenoxy) is 3. The van der Waals surface area contributed by atoms with Gasteiger partial charge < -0.3 is 14.2 Å². The number of aryl methyl sites for hydroxylation is 1. The van der Waals surface area contributed by atoms with Gasteiger partial charge in [-0.3, -0.25) is 0 Å². The van der Waals surface area contributed by atoms with Gasteiger partial charge in [0.2, 0.25) is 5.90 Å². The zero-order chi connectivity index (χ0) is 18.0. The number of halogens is 1. The Balaban J connectivity index is 2.00. The molecule has 0 radical (unpaired) electrons. The summed E-state index contributed by atoms with van der Waals surface area (Å²) in [5.74, 6) is 1.10. The molecular formula is C19H16INO4. The normalized spacial score (nSPS) is 15.1. The van der Waals surface area contributed by atoms with Gasteiger partial charge in [0.05, 0.1) is 14.2 Å². The van der Waals surface area contributed by atoms with Gasteiger partial charge in [-0.05, 0) is 77.6 Å². The lowest BCUT2D eigenvalue weighted by atomic mass is 10.1. The number of cyclic esters (lactones) is 1. The quantitative estimate of drug-likeness (QED) is 0.403. The summed E-state index contributed by atoms with van der Waals surface area (Å²) in [6, 6.07) is 11.1. The van der Waals surface area contributed by atoms with Gasteiger partial charge in [0.15, 0.2) is 5.70 Å². The number of nitrogens with zero attached hydrogens (tertiary/aromatic N) is 1. The van der Waals surface area contributed by atoms with Crippen LogP contribution in [0.1, 0.15) is 16.7 Å². The smallest absolute Gasteiger partial charge is 0.363 e. The Morgan fingerprint density at radius 1 is 1.12 bits per heavy atom. The first-order chi connectivity index (χ1) is 12.0. The second-order valence-electron chi connectivity index (χ2n) is 5.41. The predicted molar refractivity (Wildman–Crippen MR) is 104 cm³/mol. The van der Waals surface area contributed by atoms with Crippen LogP contribution in [0.25, 0.3) is 6.08 Å². The van der Waals surface area contributed by atoms with E-state index in [1.165, 1.54) is 0 Å². The third kappa shape index (κ3) is 3.68. The maximum Gasteiger partial charge on any atom is 0.363 e. The van der Waals surface area contributed by atoms with Crippen LogP contribution < -0.4 is 9.47 Å². The third-order valence-electron chi connectivity index (χ3n) is 3.75. The molecule has 1 aliphatic heterocycles. The molecule has 6 heteroatoms. The second kappa shape index (κ2) is 7.26. The van der Waals surface area contributed by atoms with Crippen LogP contribution >= 0.6 is 22.6 Å². The molecule has 0 aromatic heterocycles. The molecule has 0 N–H and O–H groups in total. The number of carbonyl (C=O) groups is 1. The van der Waals surface area contributed by atoms with Crippen molar-refractivity contribution in [3.8, 4) is 11.5 Å². The van der Waals surface area contributed by atoms with Crippen LogP contribution in [0, 0.1) is 10.5 Å².